The van der Waals surface area contributed by atoms with E-state index in [4.69, 9.17) is 11.6 Å². The first kappa shape index (κ1) is 18.4. The molecule has 0 aliphatic carbocycles. The molecule has 0 saturated heterocycles. The molecule has 2 amide bonds. The highest BCUT2D eigenvalue weighted by atomic mass is 35.5. The number of amides is 2. The van der Waals surface area contributed by atoms with Crippen molar-refractivity contribution in [2.75, 3.05) is 16.0 Å². The lowest BCUT2D eigenvalue weighted by Gasteiger charge is -2.09. The SMILES string of the molecule is O=C(Nc1ccc(Nc2ccccc2)cc1)C(=O)Nc1ccc(F)c(Cl)c1. The summed E-state index contributed by atoms with van der Waals surface area (Å²) in [5.41, 5.74) is 2.46. The number of benzene rings is 3. The molecule has 0 atom stereocenters. The lowest BCUT2D eigenvalue weighted by atomic mass is 10.2. The number of carbonyl (C=O) groups is 2. The van der Waals surface area contributed by atoms with Crippen LogP contribution in [0.25, 0.3) is 0 Å². The van der Waals surface area contributed by atoms with Gasteiger partial charge in [0.05, 0.1) is 5.02 Å². The van der Waals surface area contributed by atoms with Gasteiger partial charge in [0.15, 0.2) is 0 Å². The van der Waals surface area contributed by atoms with Crippen molar-refractivity contribution in [2.45, 2.75) is 0 Å². The highest BCUT2D eigenvalue weighted by Crippen LogP contribution is 2.20. The lowest BCUT2D eigenvalue weighted by molar-refractivity contribution is -0.132. The second-order valence-corrected chi connectivity index (χ2v) is 6.01. The highest BCUT2D eigenvalue weighted by Gasteiger charge is 2.14. The van der Waals surface area contributed by atoms with Crippen LogP contribution in [0, 0.1) is 5.82 Å². The van der Waals surface area contributed by atoms with Gasteiger partial charge in [0.2, 0.25) is 0 Å². The van der Waals surface area contributed by atoms with E-state index in [1.54, 1.807) is 24.3 Å². The van der Waals surface area contributed by atoms with Crippen LogP contribution in [-0.2, 0) is 9.59 Å². The molecule has 3 aromatic carbocycles. The fourth-order valence-corrected chi connectivity index (χ4v) is 2.46. The average Bonchev–Trinajstić information content (AvgIpc) is 2.67. The third-order valence-electron chi connectivity index (χ3n) is 3.59. The lowest BCUT2D eigenvalue weighted by Crippen LogP contribution is -2.29. The van der Waals surface area contributed by atoms with Crippen LogP contribution >= 0.6 is 11.6 Å². The minimum atomic E-state index is -0.885. The van der Waals surface area contributed by atoms with Crippen molar-refractivity contribution < 1.29 is 14.0 Å². The summed E-state index contributed by atoms with van der Waals surface area (Å²) in [5.74, 6) is -2.34. The number of hydrogen-bond donors (Lipinski definition) is 3. The van der Waals surface area contributed by atoms with Crippen molar-refractivity contribution in [2.24, 2.45) is 0 Å². The molecule has 5 nitrogen and oxygen atoms in total. The Morgan fingerprint density at radius 2 is 1.22 bits per heavy atom. The summed E-state index contributed by atoms with van der Waals surface area (Å²) < 4.78 is 13.1. The van der Waals surface area contributed by atoms with Gasteiger partial charge in [-0.1, -0.05) is 29.8 Å². The van der Waals surface area contributed by atoms with E-state index in [0.29, 0.717) is 5.69 Å². The van der Waals surface area contributed by atoms with Crippen molar-refractivity contribution in [3.63, 3.8) is 0 Å². The summed E-state index contributed by atoms with van der Waals surface area (Å²) in [6, 6.07) is 20.2. The van der Waals surface area contributed by atoms with Crippen molar-refractivity contribution in [3.05, 3.63) is 83.6 Å². The van der Waals surface area contributed by atoms with Gasteiger partial charge < -0.3 is 16.0 Å². The second kappa shape index (κ2) is 8.33. The fourth-order valence-electron chi connectivity index (χ4n) is 2.27. The zero-order chi connectivity index (χ0) is 19.2. The average molecular weight is 384 g/mol. The normalized spacial score (nSPS) is 10.1. The maximum Gasteiger partial charge on any atom is 0.314 e. The molecule has 3 N–H and O–H groups in total. The Labute approximate surface area is 160 Å². The topological polar surface area (TPSA) is 70.2 Å². The number of hydrogen-bond acceptors (Lipinski definition) is 3. The molecular formula is C20H15ClFN3O2. The third-order valence-corrected chi connectivity index (χ3v) is 3.88. The van der Waals surface area contributed by atoms with E-state index in [0.717, 1.165) is 17.4 Å². The van der Waals surface area contributed by atoms with Crippen LogP contribution in [0.1, 0.15) is 0 Å². The van der Waals surface area contributed by atoms with Gasteiger partial charge in [0.25, 0.3) is 0 Å². The monoisotopic (exact) mass is 383 g/mol. The molecule has 3 aromatic rings. The van der Waals surface area contributed by atoms with Crippen LogP contribution in [-0.4, -0.2) is 11.8 Å². The number of halogens is 2. The Morgan fingerprint density at radius 3 is 1.85 bits per heavy atom. The molecule has 3 rings (SSSR count). The largest absolute Gasteiger partial charge is 0.356 e. The van der Waals surface area contributed by atoms with E-state index in [9.17, 15) is 14.0 Å². The summed E-state index contributed by atoms with van der Waals surface area (Å²) in [5, 5.41) is 7.92. The predicted octanol–water partition coefficient (Wildman–Crippen LogP) is 4.80. The van der Waals surface area contributed by atoms with Crippen LogP contribution in [0.3, 0.4) is 0 Å². The molecule has 0 spiro atoms. The molecule has 0 bridgehead atoms. The van der Waals surface area contributed by atoms with Gasteiger partial charge in [0.1, 0.15) is 5.82 Å². The van der Waals surface area contributed by atoms with Crippen LogP contribution in [0.4, 0.5) is 27.1 Å². The summed E-state index contributed by atoms with van der Waals surface area (Å²) in [6.07, 6.45) is 0. The van der Waals surface area contributed by atoms with Crippen molar-refractivity contribution >= 4 is 46.2 Å². The zero-order valence-electron chi connectivity index (χ0n) is 14.0. The van der Waals surface area contributed by atoms with Crippen LogP contribution in [0.5, 0.6) is 0 Å². The Bertz CT molecular complexity index is 963. The standard InChI is InChI=1S/C20H15ClFN3O2/c21-17-12-16(10-11-18(17)22)25-20(27)19(26)24-15-8-6-14(7-9-15)23-13-4-2-1-3-5-13/h1-12,23H,(H,24,26)(H,25,27). The van der Waals surface area contributed by atoms with E-state index in [-0.39, 0.29) is 10.7 Å². The minimum absolute atomic E-state index is 0.144. The molecule has 0 unspecified atom stereocenters. The van der Waals surface area contributed by atoms with Gasteiger partial charge in [-0.15, -0.1) is 0 Å². The molecule has 27 heavy (non-hydrogen) atoms. The molecule has 0 radical (unpaired) electrons. The molecule has 0 fully saturated rings. The van der Waals surface area contributed by atoms with E-state index in [1.807, 2.05) is 30.3 Å². The van der Waals surface area contributed by atoms with Gasteiger partial charge in [-0.25, -0.2) is 4.39 Å². The second-order valence-electron chi connectivity index (χ2n) is 5.61. The van der Waals surface area contributed by atoms with E-state index in [1.165, 1.54) is 12.1 Å². The van der Waals surface area contributed by atoms with Gasteiger partial charge in [0, 0.05) is 22.7 Å². The number of anilines is 4. The highest BCUT2D eigenvalue weighted by molar-refractivity contribution is 6.43. The Morgan fingerprint density at radius 1 is 0.704 bits per heavy atom. The van der Waals surface area contributed by atoms with Crippen LogP contribution < -0.4 is 16.0 Å². The maximum absolute atomic E-state index is 13.1. The van der Waals surface area contributed by atoms with Gasteiger partial charge >= 0.3 is 11.8 Å². The summed E-state index contributed by atoms with van der Waals surface area (Å²) in [6.45, 7) is 0. The molecule has 7 heteroatoms. The van der Waals surface area contributed by atoms with Crippen molar-refractivity contribution in [1.29, 1.82) is 0 Å². The Kier molecular flexibility index (Phi) is 5.68. The summed E-state index contributed by atoms with van der Waals surface area (Å²) in [7, 11) is 0. The number of para-hydroxylation sites is 1. The summed E-state index contributed by atoms with van der Waals surface area (Å²) >= 11 is 5.65. The molecule has 0 heterocycles. The first-order valence-corrected chi connectivity index (χ1v) is 8.38. The molecular weight excluding hydrogens is 369 g/mol. The van der Waals surface area contributed by atoms with Crippen LogP contribution in [0.15, 0.2) is 72.8 Å². The van der Waals surface area contributed by atoms with E-state index < -0.39 is 17.6 Å². The minimum Gasteiger partial charge on any atom is -0.356 e. The molecule has 0 aliphatic heterocycles. The Balaban J connectivity index is 1.58. The third kappa shape index (κ3) is 5.05. The smallest absolute Gasteiger partial charge is 0.314 e. The van der Waals surface area contributed by atoms with Crippen LogP contribution in [0.2, 0.25) is 5.02 Å². The maximum atomic E-state index is 13.1. The number of carbonyl (C=O) groups excluding carboxylic acids is 2. The van der Waals surface area contributed by atoms with Crippen molar-refractivity contribution in [1.82, 2.24) is 0 Å². The fraction of sp³-hybridized carbons (Fsp3) is 0. The first-order chi connectivity index (χ1) is 13.0. The first-order valence-electron chi connectivity index (χ1n) is 8.01. The van der Waals surface area contributed by atoms with E-state index >= 15 is 0 Å². The zero-order valence-corrected chi connectivity index (χ0v) is 14.8. The van der Waals surface area contributed by atoms with Gasteiger partial charge in [-0.3, -0.25) is 9.59 Å². The number of nitrogens with one attached hydrogen (secondary N) is 3. The molecule has 0 aliphatic rings. The Hall–Kier alpha value is -3.38. The number of rotatable bonds is 4. The van der Waals surface area contributed by atoms with Crippen molar-refractivity contribution in [3.8, 4) is 0 Å². The molecule has 136 valence electrons. The van der Waals surface area contributed by atoms with Gasteiger partial charge in [-0.05, 0) is 54.6 Å². The molecule has 0 aromatic heterocycles. The summed E-state index contributed by atoms with van der Waals surface area (Å²) in [4.78, 5) is 23.9. The van der Waals surface area contributed by atoms with E-state index in [2.05, 4.69) is 16.0 Å². The quantitative estimate of drug-likeness (QED) is 0.567. The predicted molar refractivity (Wildman–Crippen MR) is 105 cm³/mol. The van der Waals surface area contributed by atoms with Gasteiger partial charge in [-0.2, -0.15) is 0 Å². The molecule has 0 saturated carbocycles.